The van der Waals surface area contributed by atoms with Crippen LogP contribution in [0.15, 0.2) is 22.0 Å². The number of carbonyl (C=O) groups is 1. The molecule has 18 heavy (non-hydrogen) atoms. The molecule has 0 aromatic carbocycles. The van der Waals surface area contributed by atoms with E-state index in [4.69, 9.17) is 5.73 Å². The first kappa shape index (κ1) is 13.0. The van der Waals surface area contributed by atoms with Crippen LogP contribution >= 0.6 is 27.3 Å². The molecule has 0 atom stereocenters. The van der Waals surface area contributed by atoms with E-state index >= 15 is 0 Å². The third-order valence-corrected chi connectivity index (χ3v) is 3.76. The third-order valence-electron chi connectivity index (χ3n) is 2.20. The van der Waals surface area contributed by atoms with Crippen molar-refractivity contribution in [2.24, 2.45) is 0 Å². The van der Waals surface area contributed by atoms with Crippen molar-refractivity contribution in [2.45, 2.75) is 13.3 Å². The molecule has 0 unspecified atom stereocenters. The average Bonchev–Trinajstić information content (AvgIpc) is 2.69. The lowest BCUT2D eigenvalue weighted by molar-refractivity contribution is -0.115. The zero-order valence-corrected chi connectivity index (χ0v) is 12.0. The van der Waals surface area contributed by atoms with Crippen molar-refractivity contribution < 1.29 is 4.79 Å². The zero-order chi connectivity index (χ0) is 13.1. The number of pyridine rings is 1. The summed E-state index contributed by atoms with van der Waals surface area (Å²) < 4.78 is 0.910. The minimum atomic E-state index is -0.158. The largest absolute Gasteiger partial charge is 0.375 e. The van der Waals surface area contributed by atoms with Crippen LogP contribution < -0.4 is 11.1 Å². The number of carbonyl (C=O) groups excluding carboxylic acids is 1. The number of hydrogen-bond acceptors (Lipinski definition) is 5. The molecule has 0 aliphatic carbocycles. The highest BCUT2D eigenvalue weighted by atomic mass is 79.9. The summed E-state index contributed by atoms with van der Waals surface area (Å²) >= 11 is 4.68. The highest BCUT2D eigenvalue weighted by Gasteiger charge is 2.08. The molecular formula is C11H11BrN4OS. The number of rotatable bonds is 3. The van der Waals surface area contributed by atoms with Crippen LogP contribution in [-0.4, -0.2) is 15.9 Å². The number of nitrogens with two attached hydrogens (primary N) is 1. The van der Waals surface area contributed by atoms with E-state index in [1.807, 2.05) is 13.0 Å². The van der Waals surface area contributed by atoms with E-state index in [0.29, 0.717) is 16.6 Å². The zero-order valence-electron chi connectivity index (χ0n) is 9.61. The van der Waals surface area contributed by atoms with E-state index in [1.54, 1.807) is 11.4 Å². The van der Waals surface area contributed by atoms with Crippen molar-refractivity contribution in [3.8, 4) is 0 Å². The maximum Gasteiger partial charge on any atom is 0.231 e. The first-order chi connectivity index (χ1) is 8.54. The highest BCUT2D eigenvalue weighted by molar-refractivity contribution is 9.10. The Kier molecular flexibility index (Phi) is 3.93. The first-order valence-corrected chi connectivity index (χ1v) is 6.85. The van der Waals surface area contributed by atoms with Crippen LogP contribution in [0.5, 0.6) is 0 Å². The van der Waals surface area contributed by atoms with Gasteiger partial charge in [-0.25, -0.2) is 9.97 Å². The maximum atomic E-state index is 11.7. The van der Waals surface area contributed by atoms with Crippen molar-refractivity contribution in [2.75, 3.05) is 11.1 Å². The van der Waals surface area contributed by atoms with Crippen LogP contribution in [0.3, 0.4) is 0 Å². The first-order valence-electron chi connectivity index (χ1n) is 5.17. The molecule has 5 nitrogen and oxygen atoms in total. The van der Waals surface area contributed by atoms with Gasteiger partial charge in [0.1, 0.15) is 5.82 Å². The average molecular weight is 327 g/mol. The molecule has 0 fully saturated rings. The molecule has 2 heterocycles. The fourth-order valence-corrected chi connectivity index (χ4v) is 2.15. The Labute approximate surface area is 117 Å². The van der Waals surface area contributed by atoms with Crippen molar-refractivity contribution in [1.29, 1.82) is 0 Å². The molecule has 0 saturated carbocycles. The fourth-order valence-electron chi connectivity index (χ4n) is 1.37. The summed E-state index contributed by atoms with van der Waals surface area (Å²) in [6.45, 7) is 1.86. The van der Waals surface area contributed by atoms with Gasteiger partial charge in [-0.2, -0.15) is 0 Å². The Bertz CT molecular complexity index is 584. The number of aromatic nitrogens is 2. The minimum Gasteiger partial charge on any atom is -0.375 e. The van der Waals surface area contributed by atoms with Crippen LogP contribution in [0.1, 0.15) is 11.4 Å². The van der Waals surface area contributed by atoms with Gasteiger partial charge in [0.05, 0.1) is 17.8 Å². The molecule has 0 radical (unpaired) electrons. The predicted octanol–water partition coefficient (Wildman–Crippen LogP) is 2.37. The number of nitrogen functional groups attached to an aromatic ring is 1. The van der Waals surface area contributed by atoms with Crippen molar-refractivity contribution in [3.05, 3.63) is 33.4 Å². The monoisotopic (exact) mass is 326 g/mol. The van der Waals surface area contributed by atoms with Crippen LogP contribution in [0.25, 0.3) is 0 Å². The molecular weight excluding hydrogens is 316 g/mol. The normalized spacial score (nSPS) is 10.3. The maximum absolute atomic E-state index is 11.7. The third kappa shape index (κ3) is 3.27. The van der Waals surface area contributed by atoms with Crippen molar-refractivity contribution in [1.82, 2.24) is 9.97 Å². The van der Waals surface area contributed by atoms with Gasteiger partial charge in [-0.3, -0.25) is 4.79 Å². The lowest BCUT2D eigenvalue weighted by Gasteiger charge is -2.05. The van der Waals surface area contributed by atoms with E-state index in [9.17, 15) is 4.79 Å². The second-order valence-corrected chi connectivity index (χ2v) is 5.41. The summed E-state index contributed by atoms with van der Waals surface area (Å²) in [5, 5.41) is 4.96. The van der Waals surface area contributed by atoms with E-state index in [2.05, 4.69) is 31.2 Å². The molecule has 0 aliphatic rings. The van der Waals surface area contributed by atoms with Crippen molar-refractivity contribution in [3.63, 3.8) is 0 Å². The van der Waals surface area contributed by atoms with Gasteiger partial charge in [-0.15, -0.1) is 11.3 Å². The molecule has 1 amide bonds. The number of aryl methyl sites for hydroxylation is 1. The van der Waals surface area contributed by atoms with E-state index in [1.165, 1.54) is 11.3 Å². The molecule has 3 N–H and O–H groups in total. The highest BCUT2D eigenvalue weighted by Crippen LogP contribution is 2.16. The molecule has 2 aromatic rings. The van der Waals surface area contributed by atoms with E-state index < -0.39 is 0 Å². The van der Waals surface area contributed by atoms with Crippen LogP contribution in [-0.2, 0) is 11.2 Å². The van der Waals surface area contributed by atoms with Crippen molar-refractivity contribution >= 4 is 44.1 Å². The van der Waals surface area contributed by atoms with Crippen LogP contribution in [0.4, 0.5) is 10.9 Å². The molecule has 0 spiro atoms. The molecule has 7 heteroatoms. The van der Waals surface area contributed by atoms with E-state index in [-0.39, 0.29) is 12.3 Å². The number of anilines is 2. The number of halogens is 1. The Morgan fingerprint density at radius 3 is 2.89 bits per heavy atom. The quantitative estimate of drug-likeness (QED) is 0.907. The summed E-state index contributed by atoms with van der Waals surface area (Å²) in [5.41, 5.74) is 7.00. The number of thiazole rings is 1. The summed E-state index contributed by atoms with van der Waals surface area (Å²) in [6, 6.07) is 3.59. The number of amides is 1. The lowest BCUT2D eigenvalue weighted by Crippen LogP contribution is -2.15. The summed E-state index contributed by atoms with van der Waals surface area (Å²) in [4.78, 5) is 20.0. The Balaban J connectivity index is 2.00. The standard InChI is InChI=1S/C11H11BrN4OS/c1-6-8(12)2-3-9(14-6)16-10(17)4-7-5-18-11(13)15-7/h2-3,5H,4H2,1H3,(H2,13,15)(H,14,16,17). The molecule has 2 rings (SSSR count). The Morgan fingerprint density at radius 2 is 2.28 bits per heavy atom. The topological polar surface area (TPSA) is 80.9 Å². The SMILES string of the molecule is Cc1nc(NC(=O)Cc2csc(N)n2)ccc1Br. The van der Waals surface area contributed by atoms with E-state index in [0.717, 1.165) is 10.2 Å². The van der Waals surface area contributed by atoms with Gasteiger partial charge in [0.15, 0.2) is 5.13 Å². The van der Waals surface area contributed by atoms with Gasteiger partial charge in [0, 0.05) is 9.85 Å². The second kappa shape index (κ2) is 5.45. The summed E-state index contributed by atoms with van der Waals surface area (Å²) in [5.74, 6) is 0.374. The van der Waals surface area contributed by atoms with Gasteiger partial charge in [-0.05, 0) is 35.0 Å². The number of nitrogens with zero attached hydrogens (tertiary/aromatic N) is 2. The molecule has 2 aromatic heterocycles. The van der Waals surface area contributed by atoms with Gasteiger partial charge in [-0.1, -0.05) is 0 Å². The second-order valence-electron chi connectivity index (χ2n) is 3.67. The minimum absolute atomic E-state index is 0.158. The Hall–Kier alpha value is -1.47. The van der Waals surface area contributed by atoms with Gasteiger partial charge in [0.2, 0.25) is 5.91 Å². The fraction of sp³-hybridized carbons (Fsp3) is 0.182. The van der Waals surface area contributed by atoms with Crippen LogP contribution in [0, 0.1) is 6.92 Å². The summed E-state index contributed by atoms with van der Waals surface area (Å²) in [7, 11) is 0. The van der Waals surface area contributed by atoms with Gasteiger partial charge >= 0.3 is 0 Å². The number of hydrogen-bond donors (Lipinski definition) is 2. The Morgan fingerprint density at radius 1 is 1.50 bits per heavy atom. The van der Waals surface area contributed by atoms with Crippen LogP contribution in [0.2, 0.25) is 0 Å². The van der Waals surface area contributed by atoms with Gasteiger partial charge < -0.3 is 11.1 Å². The number of nitrogens with one attached hydrogen (secondary N) is 1. The molecule has 0 aliphatic heterocycles. The molecule has 94 valence electrons. The van der Waals surface area contributed by atoms with Gasteiger partial charge in [0.25, 0.3) is 0 Å². The predicted molar refractivity (Wildman–Crippen MR) is 75.5 cm³/mol. The molecule has 0 saturated heterocycles. The summed E-state index contributed by atoms with van der Waals surface area (Å²) in [6.07, 6.45) is 0.199. The smallest absolute Gasteiger partial charge is 0.231 e. The molecule has 0 bridgehead atoms. The lowest BCUT2D eigenvalue weighted by atomic mass is 10.3.